The SMILES string of the molecule is CC(Oc1cccc(Br)c1)C(=O)NNC(=O)c1cnc2onc(C(C)C)c2c1. The number of amides is 2. The summed E-state index contributed by atoms with van der Waals surface area (Å²) >= 11 is 3.34. The van der Waals surface area contributed by atoms with Gasteiger partial charge in [0.1, 0.15) is 5.75 Å². The molecule has 0 aliphatic rings. The Bertz CT molecular complexity index is 1020. The fourth-order valence-corrected chi connectivity index (χ4v) is 2.86. The number of nitrogens with one attached hydrogen (secondary N) is 2. The van der Waals surface area contributed by atoms with Gasteiger partial charge in [-0.25, -0.2) is 4.98 Å². The van der Waals surface area contributed by atoms with Gasteiger partial charge in [-0.1, -0.05) is 41.0 Å². The Hall–Kier alpha value is -2.94. The Morgan fingerprint density at radius 2 is 1.96 bits per heavy atom. The van der Waals surface area contributed by atoms with E-state index in [9.17, 15) is 9.59 Å². The predicted molar refractivity (Wildman–Crippen MR) is 106 cm³/mol. The molecule has 0 aliphatic heterocycles. The zero-order chi connectivity index (χ0) is 20.3. The third kappa shape index (κ3) is 4.48. The van der Waals surface area contributed by atoms with E-state index in [1.54, 1.807) is 31.2 Å². The molecule has 1 aromatic carbocycles. The molecule has 1 unspecified atom stereocenters. The average molecular weight is 447 g/mol. The second-order valence-electron chi connectivity index (χ2n) is 6.46. The van der Waals surface area contributed by atoms with E-state index in [1.165, 1.54) is 6.20 Å². The molecule has 0 bridgehead atoms. The second-order valence-corrected chi connectivity index (χ2v) is 7.38. The van der Waals surface area contributed by atoms with Crippen molar-refractivity contribution in [3.63, 3.8) is 0 Å². The molecule has 9 heteroatoms. The molecule has 2 aromatic heterocycles. The van der Waals surface area contributed by atoms with Crippen LogP contribution in [0.1, 0.15) is 42.7 Å². The van der Waals surface area contributed by atoms with Gasteiger partial charge in [0, 0.05) is 10.7 Å². The first-order chi connectivity index (χ1) is 13.3. The highest BCUT2D eigenvalue weighted by Gasteiger charge is 2.18. The molecule has 2 heterocycles. The molecular formula is C19H19BrN4O4. The quantitative estimate of drug-likeness (QED) is 0.582. The van der Waals surface area contributed by atoms with E-state index in [1.807, 2.05) is 19.9 Å². The number of hydrazine groups is 1. The highest BCUT2D eigenvalue weighted by molar-refractivity contribution is 9.10. The number of pyridine rings is 1. The molecule has 1 atom stereocenters. The van der Waals surface area contributed by atoms with E-state index in [2.05, 4.69) is 36.9 Å². The van der Waals surface area contributed by atoms with Crippen molar-refractivity contribution in [3.05, 3.63) is 52.3 Å². The van der Waals surface area contributed by atoms with Crippen LogP contribution in [0.15, 0.2) is 45.5 Å². The summed E-state index contributed by atoms with van der Waals surface area (Å²) in [6.45, 7) is 5.52. The number of carbonyl (C=O) groups excluding carboxylic acids is 2. The van der Waals surface area contributed by atoms with Crippen LogP contribution in [-0.2, 0) is 4.79 Å². The average Bonchev–Trinajstić information content (AvgIpc) is 3.09. The van der Waals surface area contributed by atoms with Crippen molar-refractivity contribution in [2.24, 2.45) is 0 Å². The van der Waals surface area contributed by atoms with Crippen molar-refractivity contribution in [1.29, 1.82) is 0 Å². The van der Waals surface area contributed by atoms with Gasteiger partial charge in [-0.05, 0) is 37.1 Å². The standard InChI is InChI=1S/C19H19BrN4O4/c1-10(2)16-15-7-12(9-21-19(15)28-24-16)18(26)23-22-17(25)11(3)27-14-6-4-5-13(20)8-14/h4-11H,1-3H3,(H,22,25)(H,23,26). The number of benzene rings is 1. The molecule has 0 spiro atoms. The fraction of sp³-hybridized carbons (Fsp3) is 0.263. The first-order valence-electron chi connectivity index (χ1n) is 8.63. The predicted octanol–water partition coefficient (Wildman–Crippen LogP) is 3.34. The van der Waals surface area contributed by atoms with E-state index >= 15 is 0 Å². The Labute approximate surface area is 169 Å². The number of hydrogen-bond donors (Lipinski definition) is 2. The van der Waals surface area contributed by atoms with Crippen LogP contribution in [0.3, 0.4) is 0 Å². The molecule has 2 amide bonds. The summed E-state index contributed by atoms with van der Waals surface area (Å²) in [4.78, 5) is 28.6. The number of aromatic nitrogens is 2. The van der Waals surface area contributed by atoms with Gasteiger partial charge in [0.15, 0.2) is 6.10 Å². The van der Waals surface area contributed by atoms with Crippen molar-refractivity contribution in [2.45, 2.75) is 32.8 Å². The lowest BCUT2D eigenvalue weighted by atomic mass is 10.1. The largest absolute Gasteiger partial charge is 0.481 e. The minimum Gasteiger partial charge on any atom is -0.481 e. The number of rotatable bonds is 5. The third-order valence-corrected chi connectivity index (χ3v) is 4.44. The molecule has 0 radical (unpaired) electrons. The lowest BCUT2D eigenvalue weighted by Crippen LogP contribution is -2.47. The van der Waals surface area contributed by atoms with Crippen molar-refractivity contribution >= 4 is 38.8 Å². The molecule has 28 heavy (non-hydrogen) atoms. The number of carbonyl (C=O) groups is 2. The number of hydrogen-bond acceptors (Lipinski definition) is 6. The van der Waals surface area contributed by atoms with Crippen LogP contribution in [0, 0.1) is 0 Å². The van der Waals surface area contributed by atoms with E-state index in [0.717, 1.165) is 10.2 Å². The molecule has 8 nitrogen and oxygen atoms in total. The molecule has 3 rings (SSSR count). The van der Waals surface area contributed by atoms with Crippen LogP contribution in [-0.4, -0.2) is 28.1 Å². The van der Waals surface area contributed by atoms with Gasteiger partial charge in [0.2, 0.25) is 0 Å². The van der Waals surface area contributed by atoms with Crippen LogP contribution in [0.25, 0.3) is 11.1 Å². The maximum Gasteiger partial charge on any atom is 0.279 e. The summed E-state index contributed by atoms with van der Waals surface area (Å²) in [5, 5.41) is 4.65. The molecule has 0 aliphatic carbocycles. The number of nitrogens with zero attached hydrogens (tertiary/aromatic N) is 2. The highest BCUT2D eigenvalue weighted by Crippen LogP contribution is 2.24. The summed E-state index contributed by atoms with van der Waals surface area (Å²) in [6.07, 6.45) is 0.557. The maximum atomic E-state index is 12.4. The minimum absolute atomic E-state index is 0.122. The summed E-state index contributed by atoms with van der Waals surface area (Å²) in [7, 11) is 0. The molecule has 0 saturated heterocycles. The minimum atomic E-state index is -0.805. The molecular weight excluding hydrogens is 428 g/mol. The number of fused-ring (bicyclic) bond motifs is 1. The van der Waals surface area contributed by atoms with Crippen molar-refractivity contribution in [2.75, 3.05) is 0 Å². The van der Waals surface area contributed by atoms with Gasteiger partial charge in [-0.3, -0.25) is 20.4 Å². The summed E-state index contributed by atoms with van der Waals surface area (Å²) in [6, 6.07) is 8.76. The monoisotopic (exact) mass is 446 g/mol. The van der Waals surface area contributed by atoms with Crippen molar-refractivity contribution in [1.82, 2.24) is 21.0 Å². The highest BCUT2D eigenvalue weighted by atomic mass is 79.9. The molecule has 2 N–H and O–H groups in total. The fourth-order valence-electron chi connectivity index (χ4n) is 2.48. The van der Waals surface area contributed by atoms with Gasteiger partial charge in [-0.15, -0.1) is 0 Å². The summed E-state index contributed by atoms with van der Waals surface area (Å²) < 4.78 is 11.6. The summed E-state index contributed by atoms with van der Waals surface area (Å²) in [5.41, 5.74) is 6.07. The van der Waals surface area contributed by atoms with Crippen LogP contribution in [0.2, 0.25) is 0 Å². The topological polar surface area (TPSA) is 106 Å². The van der Waals surface area contributed by atoms with Crippen LogP contribution < -0.4 is 15.6 Å². The van der Waals surface area contributed by atoms with E-state index in [-0.39, 0.29) is 11.5 Å². The summed E-state index contributed by atoms with van der Waals surface area (Å²) in [5.74, 6) is -0.340. The van der Waals surface area contributed by atoms with Crippen molar-refractivity contribution < 1.29 is 18.8 Å². The normalized spacial score (nSPS) is 12.0. The van der Waals surface area contributed by atoms with Crippen LogP contribution in [0.5, 0.6) is 5.75 Å². The lowest BCUT2D eigenvalue weighted by Gasteiger charge is -2.15. The molecule has 146 valence electrons. The zero-order valence-corrected chi connectivity index (χ0v) is 17.1. The number of ether oxygens (including phenoxy) is 1. The second kappa shape index (κ2) is 8.39. The molecule has 3 aromatic rings. The Morgan fingerprint density at radius 1 is 1.18 bits per heavy atom. The smallest absolute Gasteiger partial charge is 0.279 e. The first kappa shape index (κ1) is 19.8. The zero-order valence-electron chi connectivity index (χ0n) is 15.5. The third-order valence-electron chi connectivity index (χ3n) is 3.94. The van der Waals surface area contributed by atoms with Crippen LogP contribution in [0.4, 0.5) is 0 Å². The van der Waals surface area contributed by atoms with Gasteiger partial charge >= 0.3 is 0 Å². The van der Waals surface area contributed by atoms with Crippen LogP contribution >= 0.6 is 15.9 Å². The van der Waals surface area contributed by atoms with E-state index in [4.69, 9.17) is 9.26 Å². The maximum absolute atomic E-state index is 12.4. The Morgan fingerprint density at radius 3 is 2.68 bits per heavy atom. The number of halogens is 1. The van der Waals surface area contributed by atoms with E-state index in [0.29, 0.717) is 16.8 Å². The molecule has 0 fully saturated rings. The Balaban J connectivity index is 1.62. The van der Waals surface area contributed by atoms with Crippen molar-refractivity contribution in [3.8, 4) is 5.75 Å². The van der Waals surface area contributed by atoms with Gasteiger partial charge in [0.05, 0.1) is 16.6 Å². The van der Waals surface area contributed by atoms with Gasteiger partial charge in [-0.2, -0.15) is 0 Å². The Kier molecular flexibility index (Phi) is 5.93. The first-order valence-corrected chi connectivity index (χ1v) is 9.42. The van der Waals surface area contributed by atoms with E-state index < -0.39 is 17.9 Å². The molecule has 0 saturated carbocycles. The van der Waals surface area contributed by atoms with Gasteiger partial charge < -0.3 is 9.26 Å². The lowest BCUT2D eigenvalue weighted by molar-refractivity contribution is -0.128. The van der Waals surface area contributed by atoms with Gasteiger partial charge in [0.25, 0.3) is 17.5 Å².